The highest BCUT2D eigenvalue weighted by Crippen LogP contribution is 2.38. The monoisotopic (exact) mass is 274 g/mol. The maximum atomic E-state index is 9.32. The molecule has 2 aromatic heterocycles. The van der Waals surface area contributed by atoms with Crippen molar-refractivity contribution in [2.24, 2.45) is 11.0 Å². The molecule has 0 aliphatic heterocycles. The fourth-order valence-corrected chi connectivity index (χ4v) is 2.84. The van der Waals surface area contributed by atoms with Crippen molar-refractivity contribution in [1.29, 1.82) is 0 Å². The molecule has 1 fully saturated rings. The van der Waals surface area contributed by atoms with Crippen molar-refractivity contribution < 1.29 is 5.11 Å². The second kappa shape index (κ2) is 4.95. The Morgan fingerprint density at radius 1 is 1.45 bits per heavy atom. The topological polar surface area (TPSA) is 139 Å². The molecule has 3 rings (SSSR count). The van der Waals surface area contributed by atoms with Crippen LogP contribution in [0.3, 0.4) is 0 Å². The van der Waals surface area contributed by atoms with Gasteiger partial charge in [-0.25, -0.2) is 15.0 Å². The largest absolute Gasteiger partial charge is 0.396 e. The zero-order valence-electron chi connectivity index (χ0n) is 10.7. The summed E-state index contributed by atoms with van der Waals surface area (Å²) in [7, 11) is 0. The first-order valence-corrected chi connectivity index (χ1v) is 6.32. The van der Waals surface area contributed by atoms with Gasteiger partial charge in [0, 0.05) is 17.6 Å². The van der Waals surface area contributed by atoms with Gasteiger partial charge >= 0.3 is 0 Å². The Bertz CT molecular complexity index is 676. The third kappa shape index (κ3) is 1.93. The van der Waals surface area contributed by atoms with E-state index < -0.39 is 0 Å². The van der Waals surface area contributed by atoms with Gasteiger partial charge < -0.3 is 15.4 Å². The molecule has 2 heterocycles. The molecule has 0 amide bonds. The van der Waals surface area contributed by atoms with E-state index in [0.29, 0.717) is 23.4 Å². The maximum Gasteiger partial charge on any atom is 0.165 e. The van der Waals surface area contributed by atoms with Crippen LogP contribution in [0.2, 0.25) is 0 Å². The zero-order valence-corrected chi connectivity index (χ0v) is 10.7. The molecule has 0 bridgehead atoms. The van der Waals surface area contributed by atoms with Crippen molar-refractivity contribution in [2.75, 3.05) is 12.3 Å². The summed E-state index contributed by atoms with van der Waals surface area (Å²) in [6.45, 7) is 0.0811. The van der Waals surface area contributed by atoms with Crippen LogP contribution in [0.1, 0.15) is 18.9 Å². The number of nitrogen functional groups attached to an aromatic ring is 1. The molecule has 0 radical (unpaired) electrons. The van der Waals surface area contributed by atoms with E-state index in [1.807, 2.05) is 4.57 Å². The van der Waals surface area contributed by atoms with Crippen molar-refractivity contribution in [3.63, 3.8) is 0 Å². The zero-order chi connectivity index (χ0) is 14.1. The first-order chi connectivity index (χ1) is 9.74. The first-order valence-electron chi connectivity index (χ1n) is 6.32. The lowest BCUT2D eigenvalue weighted by Crippen LogP contribution is -2.16. The third-order valence-corrected chi connectivity index (χ3v) is 3.80. The summed E-state index contributed by atoms with van der Waals surface area (Å²) in [6.07, 6.45) is 4.40. The van der Waals surface area contributed by atoms with Crippen molar-refractivity contribution >= 4 is 17.0 Å². The number of nitrogens with zero attached hydrogens (tertiary/aromatic N) is 7. The van der Waals surface area contributed by atoms with Crippen LogP contribution >= 0.6 is 0 Å². The number of aliphatic hydroxyl groups excluding tert-OH is 1. The van der Waals surface area contributed by atoms with Gasteiger partial charge in [0.1, 0.15) is 11.8 Å². The Morgan fingerprint density at radius 2 is 2.30 bits per heavy atom. The number of imidazole rings is 1. The SMILES string of the molecule is [N-]=[N+]=N[C@@H]1C[C@@H](CO)C[C@H]1n1cnc2c(N)ncnc21. The number of hydrogen-bond acceptors (Lipinski definition) is 6. The van der Waals surface area contributed by atoms with Crippen LogP contribution in [-0.4, -0.2) is 37.3 Å². The van der Waals surface area contributed by atoms with Crippen LogP contribution in [0.5, 0.6) is 0 Å². The molecular weight excluding hydrogens is 260 g/mol. The van der Waals surface area contributed by atoms with Crippen LogP contribution < -0.4 is 5.73 Å². The summed E-state index contributed by atoms with van der Waals surface area (Å²) in [5.41, 5.74) is 15.6. The minimum absolute atomic E-state index is 0.0673. The molecule has 0 aromatic carbocycles. The van der Waals surface area contributed by atoms with Gasteiger partial charge in [0.15, 0.2) is 11.5 Å². The lowest BCUT2D eigenvalue weighted by molar-refractivity contribution is 0.226. The predicted molar refractivity (Wildman–Crippen MR) is 71.5 cm³/mol. The van der Waals surface area contributed by atoms with Gasteiger partial charge in [-0.15, -0.1) is 0 Å². The molecule has 0 saturated heterocycles. The Morgan fingerprint density at radius 3 is 3.05 bits per heavy atom. The molecule has 104 valence electrons. The Hall–Kier alpha value is -2.38. The Kier molecular flexibility index (Phi) is 3.13. The molecule has 20 heavy (non-hydrogen) atoms. The van der Waals surface area contributed by atoms with Gasteiger partial charge in [-0.3, -0.25) is 0 Å². The second-order valence-corrected chi connectivity index (χ2v) is 4.94. The number of hydrogen-bond donors (Lipinski definition) is 2. The van der Waals surface area contributed by atoms with Gasteiger partial charge in [-0.1, -0.05) is 5.11 Å². The average Bonchev–Trinajstić information content (AvgIpc) is 3.03. The first kappa shape index (κ1) is 12.6. The highest BCUT2D eigenvalue weighted by Gasteiger charge is 2.35. The van der Waals surface area contributed by atoms with E-state index in [2.05, 4.69) is 25.0 Å². The fraction of sp³-hybridized carbons (Fsp3) is 0.545. The van der Waals surface area contributed by atoms with E-state index in [1.165, 1.54) is 6.33 Å². The smallest absolute Gasteiger partial charge is 0.165 e. The lowest BCUT2D eigenvalue weighted by atomic mass is 10.1. The van der Waals surface area contributed by atoms with E-state index in [4.69, 9.17) is 11.3 Å². The number of aromatic nitrogens is 4. The number of aliphatic hydroxyl groups is 1. The predicted octanol–water partition coefficient (Wildman–Crippen LogP) is 1.03. The normalized spacial score (nSPS) is 25.8. The molecule has 3 atom stereocenters. The molecule has 0 unspecified atom stereocenters. The summed E-state index contributed by atoms with van der Waals surface area (Å²) in [6, 6.07) is -0.284. The van der Waals surface area contributed by atoms with Crippen LogP contribution in [0.25, 0.3) is 21.6 Å². The number of fused-ring (bicyclic) bond motifs is 1. The van der Waals surface area contributed by atoms with Gasteiger partial charge in [-0.2, -0.15) is 0 Å². The number of azide groups is 1. The Labute approximate surface area is 114 Å². The summed E-state index contributed by atoms with van der Waals surface area (Å²) in [5, 5.41) is 13.2. The van der Waals surface area contributed by atoms with Crippen molar-refractivity contribution in [3.05, 3.63) is 23.1 Å². The molecule has 0 spiro atoms. The van der Waals surface area contributed by atoms with E-state index in [-0.39, 0.29) is 24.6 Å². The van der Waals surface area contributed by atoms with Crippen LogP contribution in [0.15, 0.2) is 17.8 Å². The number of nitrogens with two attached hydrogens (primary N) is 1. The molecule has 2 aromatic rings. The maximum absolute atomic E-state index is 9.32. The summed E-state index contributed by atoms with van der Waals surface area (Å²) in [5.74, 6) is 0.443. The van der Waals surface area contributed by atoms with Crippen molar-refractivity contribution in [2.45, 2.75) is 24.9 Å². The van der Waals surface area contributed by atoms with Gasteiger partial charge in [0.25, 0.3) is 0 Å². The third-order valence-electron chi connectivity index (χ3n) is 3.80. The quantitative estimate of drug-likeness (QED) is 0.489. The molecule has 3 N–H and O–H groups in total. The standard InChI is InChI=1S/C11H14N8O/c12-10-9-11(15-4-14-10)19(5-16-9)8-2-6(3-20)1-7(8)17-18-13/h4-8,20H,1-3H2,(H2,12,14,15)/t6-,7-,8-/m1/s1. The summed E-state index contributed by atoms with van der Waals surface area (Å²) in [4.78, 5) is 15.2. The van der Waals surface area contributed by atoms with E-state index >= 15 is 0 Å². The van der Waals surface area contributed by atoms with Crippen LogP contribution in [0, 0.1) is 5.92 Å². The number of anilines is 1. The molecule has 1 aliphatic carbocycles. The molecule has 1 saturated carbocycles. The van der Waals surface area contributed by atoms with Gasteiger partial charge in [-0.05, 0) is 24.3 Å². The van der Waals surface area contributed by atoms with Gasteiger partial charge in [0.05, 0.1) is 12.4 Å². The molecule has 9 heteroatoms. The van der Waals surface area contributed by atoms with Gasteiger partial charge in [0.2, 0.25) is 0 Å². The second-order valence-electron chi connectivity index (χ2n) is 4.94. The minimum Gasteiger partial charge on any atom is -0.396 e. The van der Waals surface area contributed by atoms with Crippen LogP contribution in [0.4, 0.5) is 5.82 Å². The molecular formula is C11H14N8O. The lowest BCUT2D eigenvalue weighted by Gasteiger charge is -2.16. The molecule has 9 nitrogen and oxygen atoms in total. The minimum atomic E-state index is -0.217. The highest BCUT2D eigenvalue weighted by molar-refractivity contribution is 5.81. The highest BCUT2D eigenvalue weighted by atomic mass is 16.3. The van der Waals surface area contributed by atoms with Crippen LogP contribution in [-0.2, 0) is 0 Å². The van der Waals surface area contributed by atoms with Crippen molar-refractivity contribution in [1.82, 2.24) is 19.5 Å². The van der Waals surface area contributed by atoms with E-state index in [1.54, 1.807) is 6.33 Å². The van der Waals surface area contributed by atoms with Crippen molar-refractivity contribution in [3.8, 4) is 0 Å². The van der Waals surface area contributed by atoms with E-state index in [9.17, 15) is 5.11 Å². The fourth-order valence-electron chi connectivity index (χ4n) is 2.84. The summed E-state index contributed by atoms with van der Waals surface area (Å²) < 4.78 is 1.86. The Balaban J connectivity index is 2.05. The summed E-state index contributed by atoms with van der Waals surface area (Å²) >= 11 is 0. The molecule has 1 aliphatic rings. The average molecular weight is 274 g/mol. The van der Waals surface area contributed by atoms with E-state index in [0.717, 1.165) is 6.42 Å². The number of rotatable bonds is 3.